The predicted octanol–water partition coefficient (Wildman–Crippen LogP) is 1.62. The smallest absolute Gasteiger partial charge is 0.414 e. The van der Waals surface area contributed by atoms with E-state index in [4.69, 9.17) is 9.47 Å². The van der Waals surface area contributed by atoms with E-state index >= 15 is 0 Å². The number of amides is 2. The summed E-state index contributed by atoms with van der Waals surface area (Å²) in [5.74, 6) is -0.881. The third-order valence-electron chi connectivity index (χ3n) is 5.03. The molecule has 2 amide bonds. The van der Waals surface area contributed by atoms with Gasteiger partial charge in [-0.25, -0.2) is 14.2 Å². The summed E-state index contributed by atoms with van der Waals surface area (Å²) < 4.78 is 25.1. The summed E-state index contributed by atoms with van der Waals surface area (Å²) in [4.78, 5) is 27.2. The second-order valence-corrected chi connectivity index (χ2v) is 7.05. The van der Waals surface area contributed by atoms with Gasteiger partial charge in [0, 0.05) is 19.0 Å². The van der Waals surface area contributed by atoms with Crippen LogP contribution in [0.4, 0.5) is 20.6 Å². The maximum absolute atomic E-state index is 14.6. The number of nitrogens with zero attached hydrogens (tertiary/aromatic N) is 3. The van der Waals surface area contributed by atoms with Gasteiger partial charge in [0.2, 0.25) is 5.91 Å². The summed E-state index contributed by atoms with van der Waals surface area (Å²) in [5.41, 5.74) is 0.859. The summed E-state index contributed by atoms with van der Waals surface area (Å²) >= 11 is 0. The minimum absolute atomic E-state index is 0.0914. The molecule has 1 N–H and O–H groups in total. The Morgan fingerprint density at radius 3 is 2.70 bits per heavy atom. The number of hydrogen-bond donors (Lipinski definition) is 1. The molecule has 0 unspecified atom stereocenters. The van der Waals surface area contributed by atoms with Gasteiger partial charge in [0.15, 0.2) is 0 Å². The van der Waals surface area contributed by atoms with Crippen molar-refractivity contribution in [3.63, 3.8) is 0 Å². The van der Waals surface area contributed by atoms with Crippen molar-refractivity contribution in [2.45, 2.75) is 18.9 Å². The Morgan fingerprint density at radius 2 is 2.04 bits per heavy atom. The molecule has 1 aliphatic carbocycles. The summed E-state index contributed by atoms with van der Waals surface area (Å²) in [6, 6.07) is 4.62. The van der Waals surface area contributed by atoms with Crippen LogP contribution in [0, 0.1) is 11.7 Å². The first-order valence-corrected chi connectivity index (χ1v) is 9.13. The molecule has 2 saturated heterocycles. The SMILES string of the molecule is O=C(C1CC1)N(O)C[C@H]1CN(c2ccc(N3CCOCC3)c(F)c2)C(=O)O1. The molecule has 1 aromatic rings. The number of hydrogen-bond acceptors (Lipinski definition) is 6. The number of anilines is 2. The van der Waals surface area contributed by atoms with Gasteiger partial charge >= 0.3 is 6.09 Å². The number of halogens is 1. The Morgan fingerprint density at radius 1 is 1.30 bits per heavy atom. The quantitative estimate of drug-likeness (QED) is 0.618. The topological polar surface area (TPSA) is 82.6 Å². The summed E-state index contributed by atoms with van der Waals surface area (Å²) in [7, 11) is 0. The van der Waals surface area contributed by atoms with Gasteiger partial charge in [-0.2, -0.15) is 0 Å². The molecule has 0 bridgehead atoms. The molecule has 1 atom stereocenters. The molecule has 4 rings (SSSR count). The van der Waals surface area contributed by atoms with Crippen LogP contribution in [-0.2, 0) is 14.3 Å². The van der Waals surface area contributed by atoms with Crippen LogP contribution in [0.2, 0.25) is 0 Å². The van der Waals surface area contributed by atoms with Crippen molar-refractivity contribution in [2.75, 3.05) is 49.2 Å². The van der Waals surface area contributed by atoms with E-state index in [1.807, 2.05) is 4.90 Å². The van der Waals surface area contributed by atoms with E-state index in [-0.39, 0.29) is 24.9 Å². The van der Waals surface area contributed by atoms with E-state index in [1.54, 1.807) is 12.1 Å². The van der Waals surface area contributed by atoms with Crippen LogP contribution >= 0.6 is 0 Å². The van der Waals surface area contributed by atoms with E-state index in [0.29, 0.717) is 42.7 Å². The van der Waals surface area contributed by atoms with Crippen molar-refractivity contribution in [2.24, 2.45) is 5.92 Å². The number of carbonyl (C=O) groups is 2. The maximum Gasteiger partial charge on any atom is 0.414 e. The molecule has 8 nitrogen and oxygen atoms in total. The first kappa shape index (κ1) is 18.0. The predicted molar refractivity (Wildman–Crippen MR) is 93.3 cm³/mol. The number of benzene rings is 1. The van der Waals surface area contributed by atoms with E-state index in [1.165, 1.54) is 11.0 Å². The lowest BCUT2D eigenvalue weighted by molar-refractivity contribution is -0.171. The van der Waals surface area contributed by atoms with E-state index in [9.17, 15) is 19.2 Å². The lowest BCUT2D eigenvalue weighted by atomic mass is 10.2. The molecule has 146 valence electrons. The molecule has 1 saturated carbocycles. The van der Waals surface area contributed by atoms with Crippen molar-refractivity contribution in [3.05, 3.63) is 24.0 Å². The highest BCUT2D eigenvalue weighted by molar-refractivity contribution is 5.90. The highest BCUT2D eigenvalue weighted by atomic mass is 19.1. The lowest BCUT2D eigenvalue weighted by Gasteiger charge is -2.29. The van der Waals surface area contributed by atoms with Gasteiger partial charge in [0.25, 0.3) is 0 Å². The van der Waals surface area contributed by atoms with Gasteiger partial charge in [-0.15, -0.1) is 0 Å². The van der Waals surface area contributed by atoms with Crippen molar-refractivity contribution in [1.82, 2.24) is 5.06 Å². The molecule has 3 aliphatic rings. The Bertz CT molecular complexity index is 736. The fraction of sp³-hybridized carbons (Fsp3) is 0.556. The third-order valence-corrected chi connectivity index (χ3v) is 5.03. The molecular weight excluding hydrogens is 357 g/mol. The molecule has 2 heterocycles. The molecule has 9 heteroatoms. The zero-order valence-corrected chi connectivity index (χ0v) is 14.8. The Balaban J connectivity index is 1.41. The second-order valence-electron chi connectivity index (χ2n) is 7.05. The van der Waals surface area contributed by atoms with Crippen LogP contribution in [0.25, 0.3) is 0 Å². The van der Waals surface area contributed by atoms with E-state index in [0.717, 1.165) is 12.8 Å². The lowest BCUT2D eigenvalue weighted by Crippen LogP contribution is -2.37. The van der Waals surface area contributed by atoms with Crippen molar-refractivity contribution in [3.8, 4) is 0 Å². The molecular formula is C18H22FN3O5. The van der Waals surface area contributed by atoms with E-state index < -0.39 is 18.0 Å². The standard InChI is InChI=1S/C18H22FN3O5/c19-15-9-13(3-4-16(15)20-5-7-26-8-6-20)21-10-14(27-18(21)24)11-22(25)17(23)12-1-2-12/h3-4,9,12,14,25H,1-2,5-8,10-11H2/t14-/m1/s1. The van der Waals surface area contributed by atoms with Crippen LogP contribution in [-0.4, -0.2) is 67.8 Å². The van der Waals surface area contributed by atoms with Crippen LogP contribution in [0.1, 0.15) is 12.8 Å². The summed E-state index contributed by atoms with van der Waals surface area (Å²) in [6.45, 7) is 2.39. The Kier molecular flexibility index (Phi) is 4.88. The van der Waals surface area contributed by atoms with Crippen molar-refractivity contribution < 1.29 is 28.7 Å². The maximum atomic E-state index is 14.6. The van der Waals surface area contributed by atoms with Crippen LogP contribution in [0.5, 0.6) is 0 Å². The largest absolute Gasteiger partial charge is 0.442 e. The third kappa shape index (κ3) is 3.84. The Hall–Kier alpha value is -2.39. The Labute approximate surface area is 156 Å². The van der Waals surface area contributed by atoms with Gasteiger partial charge in [-0.05, 0) is 31.0 Å². The van der Waals surface area contributed by atoms with Crippen LogP contribution < -0.4 is 9.80 Å². The second kappa shape index (κ2) is 7.32. The fourth-order valence-electron chi connectivity index (χ4n) is 3.38. The number of ether oxygens (including phenoxy) is 2. The van der Waals surface area contributed by atoms with Crippen LogP contribution in [0.15, 0.2) is 18.2 Å². The highest BCUT2D eigenvalue weighted by Crippen LogP contribution is 2.31. The zero-order chi connectivity index (χ0) is 19.0. The molecule has 0 aromatic heterocycles. The van der Waals surface area contributed by atoms with Crippen molar-refractivity contribution >= 4 is 23.4 Å². The number of rotatable bonds is 5. The van der Waals surface area contributed by atoms with E-state index in [2.05, 4.69) is 0 Å². The minimum Gasteiger partial charge on any atom is -0.442 e. The summed E-state index contributed by atoms with van der Waals surface area (Å²) in [6.07, 6.45) is 0.278. The fourth-order valence-corrected chi connectivity index (χ4v) is 3.38. The molecule has 0 radical (unpaired) electrons. The molecule has 27 heavy (non-hydrogen) atoms. The first-order valence-electron chi connectivity index (χ1n) is 9.13. The number of hydroxylamine groups is 2. The average molecular weight is 379 g/mol. The average Bonchev–Trinajstić information content (AvgIpc) is 3.45. The van der Waals surface area contributed by atoms with Gasteiger partial charge in [0.05, 0.1) is 37.7 Å². The van der Waals surface area contributed by atoms with Crippen molar-refractivity contribution in [1.29, 1.82) is 0 Å². The number of morpholine rings is 1. The zero-order valence-electron chi connectivity index (χ0n) is 14.8. The molecule has 3 fully saturated rings. The molecule has 2 aliphatic heterocycles. The van der Waals surface area contributed by atoms with Gasteiger partial charge in [0.1, 0.15) is 11.9 Å². The normalized spacial score (nSPS) is 22.7. The first-order chi connectivity index (χ1) is 13.0. The molecule has 1 aromatic carbocycles. The number of carbonyl (C=O) groups excluding carboxylic acids is 2. The van der Waals surface area contributed by atoms with Crippen LogP contribution in [0.3, 0.4) is 0 Å². The molecule has 0 spiro atoms. The van der Waals surface area contributed by atoms with Gasteiger partial charge in [-0.1, -0.05) is 0 Å². The van der Waals surface area contributed by atoms with Gasteiger partial charge < -0.3 is 14.4 Å². The monoisotopic (exact) mass is 379 g/mol. The number of cyclic esters (lactones) is 1. The highest BCUT2D eigenvalue weighted by Gasteiger charge is 2.38. The minimum atomic E-state index is -0.660. The summed E-state index contributed by atoms with van der Waals surface area (Å²) in [5, 5.41) is 10.5. The van der Waals surface area contributed by atoms with Gasteiger partial charge in [-0.3, -0.25) is 14.9 Å².